The highest BCUT2D eigenvalue weighted by Crippen LogP contribution is 2.33. The lowest BCUT2D eigenvalue weighted by atomic mass is 10.1. The monoisotopic (exact) mass is 470 g/mol. The molecule has 0 spiro atoms. The SMILES string of the molecule is COc1cc(/C=N\NC(=O)Cc2ccccc2)c(Br)cc1OCc1ccc(F)cc1. The molecule has 1 N–H and O–H groups in total. The van der Waals surface area contributed by atoms with Crippen LogP contribution >= 0.6 is 15.9 Å². The van der Waals surface area contributed by atoms with Crippen molar-refractivity contribution >= 4 is 28.1 Å². The molecule has 30 heavy (non-hydrogen) atoms. The Hall–Kier alpha value is -3.19. The number of carbonyl (C=O) groups excluding carboxylic acids is 1. The second kappa shape index (κ2) is 10.5. The Bertz CT molecular complexity index is 1020. The molecular formula is C23H20BrFN2O3. The number of hydrogen-bond acceptors (Lipinski definition) is 4. The number of methoxy groups -OCH3 is 1. The van der Waals surface area contributed by atoms with E-state index in [4.69, 9.17) is 9.47 Å². The summed E-state index contributed by atoms with van der Waals surface area (Å²) in [6, 6.07) is 19.0. The van der Waals surface area contributed by atoms with E-state index in [1.165, 1.54) is 25.5 Å². The van der Waals surface area contributed by atoms with E-state index < -0.39 is 0 Å². The summed E-state index contributed by atoms with van der Waals surface area (Å²) in [7, 11) is 1.54. The van der Waals surface area contributed by atoms with Crippen molar-refractivity contribution in [2.24, 2.45) is 5.10 Å². The van der Waals surface area contributed by atoms with Crippen LogP contribution < -0.4 is 14.9 Å². The van der Waals surface area contributed by atoms with Gasteiger partial charge in [-0.1, -0.05) is 42.5 Å². The molecule has 0 aromatic heterocycles. The van der Waals surface area contributed by atoms with Crippen LogP contribution in [0.2, 0.25) is 0 Å². The average Bonchev–Trinajstić information content (AvgIpc) is 2.75. The molecule has 0 atom stereocenters. The van der Waals surface area contributed by atoms with Crippen LogP contribution in [0.3, 0.4) is 0 Å². The van der Waals surface area contributed by atoms with E-state index in [-0.39, 0.29) is 24.8 Å². The van der Waals surface area contributed by atoms with Gasteiger partial charge < -0.3 is 9.47 Å². The Morgan fingerprint density at radius 3 is 2.50 bits per heavy atom. The van der Waals surface area contributed by atoms with Gasteiger partial charge in [-0.25, -0.2) is 9.82 Å². The van der Waals surface area contributed by atoms with Gasteiger partial charge in [0.25, 0.3) is 0 Å². The lowest BCUT2D eigenvalue weighted by molar-refractivity contribution is -0.120. The van der Waals surface area contributed by atoms with Crippen molar-refractivity contribution in [3.8, 4) is 11.5 Å². The summed E-state index contributed by atoms with van der Waals surface area (Å²) < 4.78 is 24.9. The van der Waals surface area contributed by atoms with E-state index >= 15 is 0 Å². The van der Waals surface area contributed by atoms with Crippen LogP contribution in [-0.2, 0) is 17.8 Å². The predicted octanol–water partition coefficient (Wildman–Crippen LogP) is 4.87. The van der Waals surface area contributed by atoms with E-state index in [1.807, 2.05) is 30.3 Å². The van der Waals surface area contributed by atoms with Gasteiger partial charge in [0.05, 0.1) is 19.7 Å². The van der Waals surface area contributed by atoms with E-state index in [0.717, 1.165) is 15.6 Å². The Morgan fingerprint density at radius 2 is 1.80 bits per heavy atom. The Kier molecular flexibility index (Phi) is 7.57. The summed E-state index contributed by atoms with van der Waals surface area (Å²) in [5.74, 6) is 0.537. The minimum Gasteiger partial charge on any atom is -0.493 e. The van der Waals surface area contributed by atoms with Gasteiger partial charge in [-0.15, -0.1) is 0 Å². The van der Waals surface area contributed by atoms with Crippen molar-refractivity contribution in [2.45, 2.75) is 13.0 Å². The van der Waals surface area contributed by atoms with E-state index in [9.17, 15) is 9.18 Å². The third kappa shape index (κ3) is 6.15. The lowest BCUT2D eigenvalue weighted by Gasteiger charge is -2.13. The van der Waals surface area contributed by atoms with Crippen LogP contribution in [0, 0.1) is 5.82 Å². The Labute approximate surface area is 182 Å². The fourth-order valence-electron chi connectivity index (χ4n) is 2.66. The number of ether oxygens (including phenoxy) is 2. The zero-order chi connectivity index (χ0) is 21.3. The molecule has 7 heteroatoms. The van der Waals surface area contributed by atoms with Crippen molar-refractivity contribution < 1.29 is 18.7 Å². The second-order valence-electron chi connectivity index (χ2n) is 6.40. The van der Waals surface area contributed by atoms with E-state index in [1.54, 1.807) is 24.3 Å². The molecule has 154 valence electrons. The summed E-state index contributed by atoms with van der Waals surface area (Å²) >= 11 is 3.48. The van der Waals surface area contributed by atoms with Gasteiger partial charge in [-0.05, 0) is 51.3 Å². The quantitative estimate of drug-likeness (QED) is 0.377. The van der Waals surface area contributed by atoms with Gasteiger partial charge in [0.15, 0.2) is 11.5 Å². The molecule has 0 unspecified atom stereocenters. The first-order chi connectivity index (χ1) is 14.5. The standard InChI is InChI=1S/C23H20BrFN2O3/c1-29-21-12-18(14-26-27-23(28)11-16-5-3-2-4-6-16)20(24)13-22(21)30-15-17-7-9-19(25)10-8-17/h2-10,12-14H,11,15H2,1H3,(H,27,28)/b26-14-. The fraction of sp³-hybridized carbons (Fsp3) is 0.130. The molecule has 5 nitrogen and oxygen atoms in total. The summed E-state index contributed by atoms with van der Waals surface area (Å²) in [4.78, 5) is 12.0. The highest BCUT2D eigenvalue weighted by Gasteiger charge is 2.10. The van der Waals surface area contributed by atoms with Crippen LogP contribution in [0.15, 0.2) is 76.3 Å². The van der Waals surface area contributed by atoms with Gasteiger partial charge >= 0.3 is 0 Å². The summed E-state index contributed by atoms with van der Waals surface area (Å²) in [6.45, 7) is 0.270. The first kappa shape index (κ1) is 21.5. The largest absolute Gasteiger partial charge is 0.493 e. The van der Waals surface area contributed by atoms with E-state index in [2.05, 4.69) is 26.5 Å². The molecule has 0 heterocycles. The predicted molar refractivity (Wildman–Crippen MR) is 117 cm³/mol. The topological polar surface area (TPSA) is 59.9 Å². The fourth-order valence-corrected chi connectivity index (χ4v) is 3.08. The number of carbonyl (C=O) groups is 1. The normalized spacial score (nSPS) is 10.8. The lowest BCUT2D eigenvalue weighted by Crippen LogP contribution is -2.19. The zero-order valence-electron chi connectivity index (χ0n) is 16.3. The molecule has 1 amide bonds. The van der Waals surface area contributed by atoms with Crippen molar-refractivity contribution in [3.05, 3.63) is 93.7 Å². The maximum Gasteiger partial charge on any atom is 0.244 e. The minimum atomic E-state index is -0.293. The zero-order valence-corrected chi connectivity index (χ0v) is 17.9. The molecule has 0 aliphatic rings. The highest BCUT2D eigenvalue weighted by atomic mass is 79.9. The number of nitrogens with one attached hydrogen (secondary N) is 1. The average molecular weight is 471 g/mol. The van der Waals surface area contributed by atoms with Crippen LogP contribution in [0.5, 0.6) is 11.5 Å². The van der Waals surface area contributed by atoms with E-state index in [0.29, 0.717) is 17.1 Å². The maximum atomic E-state index is 13.0. The number of rotatable bonds is 8. The van der Waals surface area contributed by atoms with Gasteiger partial charge in [-0.3, -0.25) is 4.79 Å². The summed E-state index contributed by atoms with van der Waals surface area (Å²) in [5.41, 5.74) is 4.97. The van der Waals surface area contributed by atoms with Gasteiger partial charge in [0.2, 0.25) is 5.91 Å². The minimum absolute atomic E-state index is 0.209. The Balaban J connectivity index is 1.63. The number of nitrogens with zero attached hydrogens (tertiary/aromatic N) is 1. The van der Waals surface area contributed by atoms with Gasteiger partial charge in [0, 0.05) is 10.0 Å². The molecule has 0 saturated heterocycles. The summed E-state index contributed by atoms with van der Waals surface area (Å²) in [6.07, 6.45) is 1.78. The first-order valence-electron chi connectivity index (χ1n) is 9.16. The van der Waals surface area contributed by atoms with Crippen molar-refractivity contribution in [3.63, 3.8) is 0 Å². The van der Waals surface area contributed by atoms with Crippen molar-refractivity contribution in [1.82, 2.24) is 5.43 Å². The van der Waals surface area contributed by atoms with Crippen LogP contribution in [0.4, 0.5) is 4.39 Å². The van der Waals surface area contributed by atoms with Crippen LogP contribution in [-0.4, -0.2) is 19.2 Å². The molecule has 0 bridgehead atoms. The molecule has 3 rings (SSSR count). The van der Waals surface area contributed by atoms with Gasteiger partial charge in [-0.2, -0.15) is 5.10 Å². The molecule has 0 fully saturated rings. The smallest absolute Gasteiger partial charge is 0.244 e. The van der Waals surface area contributed by atoms with Gasteiger partial charge in [0.1, 0.15) is 12.4 Å². The number of halogens is 2. The molecule has 3 aromatic rings. The maximum absolute atomic E-state index is 13.0. The second-order valence-corrected chi connectivity index (χ2v) is 7.25. The molecule has 0 saturated carbocycles. The molecule has 3 aromatic carbocycles. The van der Waals surface area contributed by atoms with Crippen LogP contribution in [0.25, 0.3) is 0 Å². The number of hydrazone groups is 1. The summed E-state index contributed by atoms with van der Waals surface area (Å²) in [5, 5.41) is 4.02. The molecular weight excluding hydrogens is 451 g/mol. The number of amides is 1. The Morgan fingerprint density at radius 1 is 1.07 bits per heavy atom. The molecule has 0 radical (unpaired) electrons. The van der Waals surface area contributed by atoms with Crippen molar-refractivity contribution in [2.75, 3.05) is 7.11 Å². The molecule has 0 aliphatic heterocycles. The van der Waals surface area contributed by atoms with Crippen LogP contribution in [0.1, 0.15) is 16.7 Å². The third-order valence-corrected chi connectivity index (χ3v) is 4.88. The van der Waals surface area contributed by atoms with Crippen molar-refractivity contribution in [1.29, 1.82) is 0 Å². The number of hydrogen-bond donors (Lipinski definition) is 1. The third-order valence-electron chi connectivity index (χ3n) is 4.19. The highest BCUT2D eigenvalue weighted by molar-refractivity contribution is 9.10. The number of benzene rings is 3. The first-order valence-corrected chi connectivity index (χ1v) is 9.95. The molecule has 0 aliphatic carbocycles.